The molecule has 0 saturated carbocycles. The van der Waals surface area contributed by atoms with E-state index in [1.807, 2.05) is 20.9 Å². The van der Waals surface area contributed by atoms with Crippen molar-refractivity contribution in [2.45, 2.75) is 34.1 Å². The van der Waals surface area contributed by atoms with Gasteiger partial charge in [-0.2, -0.15) is 5.26 Å². The van der Waals surface area contributed by atoms with Crippen LogP contribution in [0.1, 0.15) is 33.3 Å². The van der Waals surface area contributed by atoms with Gasteiger partial charge >= 0.3 is 0 Å². The third-order valence-corrected chi connectivity index (χ3v) is 2.96. The summed E-state index contributed by atoms with van der Waals surface area (Å²) in [6.07, 6.45) is 1.12. The highest BCUT2D eigenvalue weighted by molar-refractivity contribution is 5.47. The summed E-state index contributed by atoms with van der Waals surface area (Å²) in [5.41, 5.74) is 2.23. The van der Waals surface area contributed by atoms with Gasteiger partial charge in [0.1, 0.15) is 0 Å². The average molecular weight is 244 g/mol. The van der Waals surface area contributed by atoms with Gasteiger partial charge in [0.15, 0.2) is 0 Å². The average Bonchev–Trinajstić information content (AvgIpc) is 2.28. The van der Waals surface area contributed by atoms with E-state index < -0.39 is 0 Å². The topological polar surface area (TPSA) is 27.0 Å². The first-order chi connectivity index (χ1) is 8.34. The fourth-order valence-corrected chi connectivity index (χ4v) is 2.08. The van der Waals surface area contributed by atoms with Crippen LogP contribution >= 0.6 is 0 Å². The summed E-state index contributed by atoms with van der Waals surface area (Å²) < 4.78 is 0. The molecule has 0 bridgehead atoms. The van der Waals surface area contributed by atoms with E-state index in [-0.39, 0.29) is 5.41 Å². The number of anilines is 1. The minimum absolute atomic E-state index is 0.314. The van der Waals surface area contributed by atoms with Crippen LogP contribution in [0.15, 0.2) is 24.3 Å². The Morgan fingerprint density at radius 1 is 1.22 bits per heavy atom. The molecule has 0 aliphatic heterocycles. The molecule has 18 heavy (non-hydrogen) atoms. The molecular formula is C16H24N2. The lowest BCUT2D eigenvalue weighted by atomic mass is 9.95. The zero-order chi connectivity index (χ0) is 13.8. The quantitative estimate of drug-likeness (QED) is 0.786. The van der Waals surface area contributed by atoms with Crippen molar-refractivity contribution in [1.82, 2.24) is 0 Å². The molecule has 0 N–H and O–H groups in total. The summed E-state index contributed by atoms with van der Waals surface area (Å²) in [4.78, 5) is 2.14. The highest BCUT2D eigenvalue weighted by atomic mass is 15.1. The van der Waals surface area contributed by atoms with E-state index in [1.165, 1.54) is 11.3 Å². The standard InChI is InChI=1S/C16H24N2/c1-13(2)10-14-6-8-15(9-7-14)18(5)12-16(3,4)11-17/h6-9,13H,10,12H2,1-5H3. The molecule has 0 unspecified atom stereocenters. The number of hydrogen-bond acceptors (Lipinski definition) is 2. The molecule has 2 nitrogen and oxygen atoms in total. The Kier molecular flexibility index (Phi) is 4.78. The van der Waals surface area contributed by atoms with Crippen LogP contribution in [-0.2, 0) is 6.42 Å². The van der Waals surface area contributed by atoms with Gasteiger partial charge in [0, 0.05) is 19.3 Å². The Bertz CT molecular complexity index is 410. The molecule has 1 aromatic carbocycles. The predicted octanol–water partition coefficient (Wildman–Crippen LogP) is 3.87. The zero-order valence-corrected chi connectivity index (χ0v) is 12.2. The van der Waals surface area contributed by atoms with Crippen molar-refractivity contribution in [3.8, 4) is 6.07 Å². The SMILES string of the molecule is CC(C)Cc1ccc(N(C)CC(C)(C)C#N)cc1. The van der Waals surface area contributed by atoms with Crippen molar-refractivity contribution in [2.75, 3.05) is 18.5 Å². The van der Waals surface area contributed by atoms with Gasteiger partial charge in [-0.25, -0.2) is 0 Å². The third kappa shape index (κ3) is 4.41. The van der Waals surface area contributed by atoms with Gasteiger partial charge in [-0.1, -0.05) is 26.0 Å². The molecule has 0 radical (unpaired) electrons. The van der Waals surface area contributed by atoms with Crippen LogP contribution in [0, 0.1) is 22.7 Å². The maximum Gasteiger partial charge on any atom is 0.0702 e. The number of benzene rings is 1. The molecular weight excluding hydrogens is 220 g/mol. The molecule has 2 heteroatoms. The first-order valence-corrected chi connectivity index (χ1v) is 6.55. The van der Waals surface area contributed by atoms with E-state index in [1.54, 1.807) is 0 Å². The minimum Gasteiger partial charge on any atom is -0.373 e. The van der Waals surface area contributed by atoms with E-state index in [9.17, 15) is 0 Å². The van der Waals surface area contributed by atoms with Gasteiger partial charge in [-0.3, -0.25) is 0 Å². The molecule has 0 saturated heterocycles. The molecule has 0 amide bonds. The van der Waals surface area contributed by atoms with Crippen LogP contribution in [0.5, 0.6) is 0 Å². The van der Waals surface area contributed by atoms with E-state index in [2.05, 4.69) is 49.1 Å². The van der Waals surface area contributed by atoms with Crippen molar-refractivity contribution in [2.24, 2.45) is 11.3 Å². The Labute approximate surface area is 111 Å². The number of nitriles is 1. The highest BCUT2D eigenvalue weighted by Gasteiger charge is 2.19. The minimum atomic E-state index is -0.314. The monoisotopic (exact) mass is 244 g/mol. The van der Waals surface area contributed by atoms with Crippen molar-refractivity contribution in [3.05, 3.63) is 29.8 Å². The first kappa shape index (κ1) is 14.6. The molecule has 0 aliphatic rings. The van der Waals surface area contributed by atoms with Crippen LogP contribution in [0.2, 0.25) is 0 Å². The van der Waals surface area contributed by atoms with E-state index in [0.29, 0.717) is 5.92 Å². The summed E-state index contributed by atoms with van der Waals surface area (Å²) in [5.74, 6) is 0.686. The molecule has 0 heterocycles. The van der Waals surface area contributed by atoms with Crippen molar-refractivity contribution in [3.63, 3.8) is 0 Å². The smallest absolute Gasteiger partial charge is 0.0702 e. The predicted molar refractivity (Wildman–Crippen MR) is 77.6 cm³/mol. The normalized spacial score (nSPS) is 11.4. The zero-order valence-electron chi connectivity index (χ0n) is 12.2. The van der Waals surface area contributed by atoms with Crippen molar-refractivity contribution >= 4 is 5.69 Å². The van der Waals surface area contributed by atoms with E-state index in [0.717, 1.165) is 13.0 Å². The van der Waals surface area contributed by atoms with Gasteiger partial charge in [0.2, 0.25) is 0 Å². The van der Waals surface area contributed by atoms with Crippen LogP contribution in [0.3, 0.4) is 0 Å². The summed E-state index contributed by atoms with van der Waals surface area (Å²) in [7, 11) is 2.04. The van der Waals surface area contributed by atoms with Crippen LogP contribution in [0.4, 0.5) is 5.69 Å². The fraction of sp³-hybridized carbons (Fsp3) is 0.562. The molecule has 0 aromatic heterocycles. The lowest BCUT2D eigenvalue weighted by Crippen LogP contribution is -2.30. The molecule has 1 aromatic rings. The third-order valence-electron chi connectivity index (χ3n) is 2.96. The molecule has 0 aliphatic carbocycles. The Balaban J connectivity index is 2.71. The van der Waals surface area contributed by atoms with Crippen LogP contribution in [0.25, 0.3) is 0 Å². The van der Waals surface area contributed by atoms with Crippen LogP contribution in [-0.4, -0.2) is 13.6 Å². The van der Waals surface area contributed by atoms with Gasteiger partial charge in [-0.05, 0) is 43.9 Å². The molecule has 0 atom stereocenters. The van der Waals surface area contributed by atoms with E-state index >= 15 is 0 Å². The second-order valence-corrected chi connectivity index (χ2v) is 6.12. The summed E-state index contributed by atoms with van der Waals surface area (Å²) in [6.45, 7) is 9.14. The number of nitrogens with zero attached hydrogens (tertiary/aromatic N) is 2. The summed E-state index contributed by atoms with van der Waals surface area (Å²) in [6, 6.07) is 11.0. The van der Waals surface area contributed by atoms with Crippen LogP contribution < -0.4 is 4.90 Å². The highest BCUT2D eigenvalue weighted by Crippen LogP contribution is 2.21. The molecule has 0 spiro atoms. The Hall–Kier alpha value is -1.49. The Morgan fingerprint density at radius 3 is 2.22 bits per heavy atom. The van der Waals surface area contributed by atoms with Gasteiger partial charge in [0.05, 0.1) is 11.5 Å². The van der Waals surface area contributed by atoms with E-state index in [4.69, 9.17) is 5.26 Å². The van der Waals surface area contributed by atoms with Crippen molar-refractivity contribution < 1.29 is 0 Å². The maximum atomic E-state index is 9.06. The maximum absolute atomic E-state index is 9.06. The first-order valence-electron chi connectivity index (χ1n) is 6.55. The van der Waals surface area contributed by atoms with Gasteiger partial charge in [0.25, 0.3) is 0 Å². The second-order valence-electron chi connectivity index (χ2n) is 6.12. The van der Waals surface area contributed by atoms with Crippen molar-refractivity contribution in [1.29, 1.82) is 5.26 Å². The largest absolute Gasteiger partial charge is 0.373 e. The lowest BCUT2D eigenvalue weighted by Gasteiger charge is -2.26. The summed E-state index contributed by atoms with van der Waals surface area (Å²) in [5, 5.41) is 9.06. The molecule has 98 valence electrons. The summed E-state index contributed by atoms with van der Waals surface area (Å²) >= 11 is 0. The lowest BCUT2D eigenvalue weighted by molar-refractivity contribution is 0.497. The Morgan fingerprint density at radius 2 is 1.78 bits per heavy atom. The number of hydrogen-bond donors (Lipinski definition) is 0. The fourth-order valence-electron chi connectivity index (χ4n) is 2.08. The molecule has 0 fully saturated rings. The van der Waals surface area contributed by atoms with Gasteiger partial charge in [-0.15, -0.1) is 0 Å². The number of rotatable bonds is 5. The second kappa shape index (κ2) is 5.91. The van der Waals surface area contributed by atoms with Gasteiger partial charge < -0.3 is 4.90 Å². The molecule has 1 rings (SSSR count).